The van der Waals surface area contributed by atoms with Crippen molar-refractivity contribution >= 4 is 6.09 Å². The summed E-state index contributed by atoms with van der Waals surface area (Å²) in [6.07, 6.45) is 4.77. The smallest absolute Gasteiger partial charge is 0.410 e. The summed E-state index contributed by atoms with van der Waals surface area (Å²) in [5.41, 5.74) is -0.367. The lowest BCUT2D eigenvalue weighted by molar-refractivity contribution is 0.0231. The second-order valence-electron chi connectivity index (χ2n) is 5.73. The first-order valence-electron chi connectivity index (χ1n) is 5.97. The molecule has 3 heteroatoms. The van der Waals surface area contributed by atoms with E-state index in [2.05, 4.69) is 0 Å². The first-order valence-corrected chi connectivity index (χ1v) is 5.97. The van der Waals surface area contributed by atoms with E-state index in [1.54, 1.807) is 0 Å². The van der Waals surface area contributed by atoms with Crippen LogP contribution in [0.3, 0.4) is 0 Å². The number of amides is 1. The molecule has 86 valence electrons. The Kier molecular flexibility index (Phi) is 2.65. The Hall–Kier alpha value is -0.730. The van der Waals surface area contributed by atoms with Crippen LogP contribution < -0.4 is 0 Å². The quantitative estimate of drug-likeness (QED) is 0.616. The first kappa shape index (κ1) is 10.8. The molecule has 2 atom stereocenters. The van der Waals surface area contributed by atoms with Gasteiger partial charge in [0, 0.05) is 12.6 Å². The van der Waals surface area contributed by atoms with Gasteiger partial charge in [-0.2, -0.15) is 0 Å². The minimum absolute atomic E-state index is 0.114. The van der Waals surface area contributed by atoms with Gasteiger partial charge < -0.3 is 9.64 Å². The molecule has 1 saturated heterocycles. The Morgan fingerprint density at radius 3 is 2.73 bits per heavy atom. The van der Waals surface area contributed by atoms with E-state index in [4.69, 9.17) is 4.74 Å². The van der Waals surface area contributed by atoms with Gasteiger partial charge in [-0.15, -0.1) is 0 Å². The number of ether oxygens (including phenoxy) is 1. The van der Waals surface area contributed by atoms with Gasteiger partial charge in [0.15, 0.2) is 0 Å². The Balaban J connectivity index is 1.94. The van der Waals surface area contributed by atoms with E-state index < -0.39 is 0 Å². The number of hydrogen-bond acceptors (Lipinski definition) is 2. The van der Waals surface area contributed by atoms with Crippen molar-refractivity contribution in [3.63, 3.8) is 0 Å². The van der Waals surface area contributed by atoms with Gasteiger partial charge in [0.25, 0.3) is 0 Å². The molecule has 0 aromatic carbocycles. The molecule has 1 aliphatic heterocycles. The van der Waals surface area contributed by atoms with E-state index in [0.717, 1.165) is 18.9 Å². The molecule has 2 fully saturated rings. The maximum Gasteiger partial charge on any atom is 0.410 e. The normalized spacial score (nSPS) is 30.5. The van der Waals surface area contributed by atoms with Crippen LogP contribution in [0, 0.1) is 5.92 Å². The molecule has 15 heavy (non-hydrogen) atoms. The van der Waals surface area contributed by atoms with E-state index in [-0.39, 0.29) is 11.7 Å². The van der Waals surface area contributed by atoms with Crippen molar-refractivity contribution < 1.29 is 9.53 Å². The van der Waals surface area contributed by atoms with Crippen molar-refractivity contribution in [1.82, 2.24) is 4.90 Å². The standard InChI is InChI=1S/C12H21NO2/c1-12(2,3)15-11(14)13-7-5-4-6-9-8-10(9)13/h9-10H,4-8H2,1-3H3. The predicted molar refractivity (Wildman–Crippen MR) is 58.7 cm³/mol. The highest BCUT2D eigenvalue weighted by atomic mass is 16.6. The van der Waals surface area contributed by atoms with E-state index in [1.165, 1.54) is 19.3 Å². The van der Waals surface area contributed by atoms with Crippen molar-refractivity contribution in [2.45, 2.75) is 58.1 Å². The van der Waals surface area contributed by atoms with Gasteiger partial charge in [-0.1, -0.05) is 6.42 Å². The number of likely N-dealkylation sites (tertiary alicyclic amines) is 1. The van der Waals surface area contributed by atoms with E-state index in [0.29, 0.717) is 6.04 Å². The lowest BCUT2D eigenvalue weighted by atomic mass is 10.2. The molecule has 2 unspecified atom stereocenters. The van der Waals surface area contributed by atoms with Gasteiger partial charge in [0.1, 0.15) is 5.60 Å². The Labute approximate surface area is 91.8 Å². The van der Waals surface area contributed by atoms with Crippen molar-refractivity contribution in [3.8, 4) is 0 Å². The first-order chi connectivity index (χ1) is 6.97. The molecule has 1 saturated carbocycles. The zero-order valence-electron chi connectivity index (χ0n) is 9.95. The second kappa shape index (κ2) is 3.69. The van der Waals surface area contributed by atoms with Gasteiger partial charge >= 0.3 is 6.09 Å². The van der Waals surface area contributed by atoms with Crippen LogP contribution in [0.15, 0.2) is 0 Å². The third-order valence-electron chi connectivity index (χ3n) is 3.14. The highest BCUT2D eigenvalue weighted by Crippen LogP contribution is 2.42. The number of carbonyl (C=O) groups excluding carboxylic acids is 1. The average Bonchev–Trinajstić information content (AvgIpc) is 2.75. The van der Waals surface area contributed by atoms with Gasteiger partial charge in [-0.3, -0.25) is 0 Å². The Morgan fingerprint density at radius 1 is 1.33 bits per heavy atom. The van der Waals surface area contributed by atoms with Crippen molar-refractivity contribution in [1.29, 1.82) is 0 Å². The molecule has 1 amide bonds. The molecule has 2 aliphatic rings. The van der Waals surface area contributed by atoms with Crippen molar-refractivity contribution in [3.05, 3.63) is 0 Å². The summed E-state index contributed by atoms with van der Waals surface area (Å²) in [7, 11) is 0. The summed E-state index contributed by atoms with van der Waals surface area (Å²) in [5, 5.41) is 0. The number of carbonyl (C=O) groups is 1. The van der Waals surface area contributed by atoms with E-state index in [9.17, 15) is 4.79 Å². The zero-order valence-corrected chi connectivity index (χ0v) is 9.95. The molecule has 2 rings (SSSR count). The molecule has 0 bridgehead atoms. The number of fused-ring (bicyclic) bond motifs is 1. The highest BCUT2D eigenvalue weighted by molar-refractivity contribution is 5.69. The maximum absolute atomic E-state index is 11.9. The predicted octanol–water partition coefficient (Wildman–Crippen LogP) is 2.80. The molecule has 3 nitrogen and oxygen atoms in total. The fraction of sp³-hybridized carbons (Fsp3) is 0.917. The van der Waals surface area contributed by atoms with Gasteiger partial charge in [0.05, 0.1) is 0 Å². The molecule has 0 N–H and O–H groups in total. The molecule has 1 aliphatic carbocycles. The van der Waals surface area contributed by atoms with Crippen molar-refractivity contribution in [2.24, 2.45) is 5.92 Å². The Morgan fingerprint density at radius 2 is 2.07 bits per heavy atom. The van der Waals surface area contributed by atoms with E-state index >= 15 is 0 Å². The van der Waals surface area contributed by atoms with Crippen LogP contribution in [-0.4, -0.2) is 29.2 Å². The third kappa shape index (κ3) is 2.64. The number of hydrogen-bond donors (Lipinski definition) is 0. The molecular weight excluding hydrogens is 190 g/mol. The summed E-state index contributed by atoms with van der Waals surface area (Å²) >= 11 is 0. The van der Waals surface area contributed by atoms with Crippen LogP contribution in [0.5, 0.6) is 0 Å². The SMILES string of the molecule is CC(C)(C)OC(=O)N1CCCCC2CC21. The Bertz CT molecular complexity index is 257. The van der Waals surface area contributed by atoms with Crippen LogP contribution in [-0.2, 0) is 4.74 Å². The monoisotopic (exact) mass is 211 g/mol. The highest BCUT2D eigenvalue weighted by Gasteiger charge is 2.45. The average molecular weight is 211 g/mol. The molecule has 0 aromatic heterocycles. The van der Waals surface area contributed by atoms with Crippen LogP contribution in [0.4, 0.5) is 4.79 Å². The minimum atomic E-state index is -0.367. The second-order valence-corrected chi connectivity index (χ2v) is 5.73. The molecular formula is C12H21NO2. The molecule has 0 spiro atoms. The van der Waals surface area contributed by atoms with Crippen molar-refractivity contribution in [2.75, 3.05) is 6.54 Å². The van der Waals surface area contributed by atoms with Gasteiger partial charge in [0.2, 0.25) is 0 Å². The molecule has 0 radical (unpaired) electrons. The van der Waals surface area contributed by atoms with Gasteiger partial charge in [-0.25, -0.2) is 4.79 Å². The summed E-state index contributed by atoms with van der Waals surface area (Å²) in [6, 6.07) is 0.488. The number of nitrogens with zero attached hydrogens (tertiary/aromatic N) is 1. The summed E-state index contributed by atoms with van der Waals surface area (Å²) in [6.45, 7) is 6.66. The summed E-state index contributed by atoms with van der Waals surface area (Å²) in [4.78, 5) is 13.9. The minimum Gasteiger partial charge on any atom is -0.444 e. The van der Waals surface area contributed by atoms with Crippen LogP contribution >= 0.6 is 0 Å². The van der Waals surface area contributed by atoms with Crippen LogP contribution in [0.2, 0.25) is 0 Å². The zero-order chi connectivity index (χ0) is 11.1. The van der Waals surface area contributed by atoms with E-state index in [1.807, 2.05) is 25.7 Å². The van der Waals surface area contributed by atoms with Gasteiger partial charge in [-0.05, 0) is 46.0 Å². The fourth-order valence-electron chi connectivity index (χ4n) is 2.33. The summed E-state index contributed by atoms with van der Waals surface area (Å²) < 4.78 is 5.42. The topological polar surface area (TPSA) is 29.5 Å². The number of rotatable bonds is 0. The molecule has 0 aromatic rings. The summed E-state index contributed by atoms with van der Waals surface area (Å²) in [5.74, 6) is 0.764. The third-order valence-corrected chi connectivity index (χ3v) is 3.14. The fourth-order valence-corrected chi connectivity index (χ4v) is 2.33. The van der Waals surface area contributed by atoms with Crippen LogP contribution in [0.1, 0.15) is 46.5 Å². The lowest BCUT2D eigenvalue weighted by Gasteiger charge is -2.27. The molecule has 1 heterocycles. The largest absolute Gasteiger partial charge is 0.444 e. The maximum atomic E-state index is 11.9. The lowest BCUT2D eigenvalue weighted by Crippen LogP contribution is -2.38. The van der Waals surface area contributed by atoms with Crippen LogP contribution in [0.25, 0.3) is 0 Å².